The van der Waals surface area contributed by atoms with Gasteiger partial charge in [-0.3, -0.25) is 9.78 Å². The zero-order chi connectivity index (χ0) is 13.0. The minimum atomic E-state index is -0.496. The van der Waals surface area contributed by atoms with E-state index in [1.165, 1.54) is 0 Å². The maximum Gasteiger partial charge on any atom is 0.252 e. The SMILES string of the molecule is CC(Oc1ccccc1C(N)=O)c1cccnc1. The van der Waals surface area contributed by atoms with Gasteiger partial charge in [0.15, 0.2) is 0 Å². The lowest BCUT2D eigenvalue weighted by molar-refractivity contribution is 0.0993. The van der Waals surface area contributed by atoms with Gasteiger partial charge in [0.05, 0.1) is 5.56 Å². The summed E-state index contributed by atoms with van der Waals surface area (Å²) >= 11 is 0. The van der Waals surface area contributed by atoms with Crippen LogP contribution in [-0.4, -0.2) is 10.9 Å². The van der Waals surface area contributed by atoms with Crippen molar-refractivity contribution in [2.75, 3.05) is 0 Å². The van der Waals surface area contributed by atoms with Crippen molar-refractivity contribution in [3.63, 3.8) is 0 Å². The van der Waals surface area contributed by atoms with E-state index in [2.05, 4.69) is 4.98 Å². The molecule has 4 heteroatoms. The summed E-state index contributed by atoms with van der Waals surface area (Å²) in [5, 5.41) is 0. The molecule has 0 saturated carbocycles. The van der Waals surface area contributed by atoms with Crippen LogP contribution < -0.4 is 10.5 Å². The molecule has 18 heavy (non-hydrogen) atoms. The first-order chi connectivity index (χ1) is 8.68. The van der Waals surface area contributed by atoms with Gasteiger partial charge in [-0.2, -0.15) is 0 Å². The Hall–Kier alpha value is -2.36. The molecular weight excluding hydrogens is 228 g/mol. The average molecular weight is 242 g/mol. The number of nitrogens with zero attached hydrogens (tertiary/aromatic N) is 1. The van der Waals surface area contributed by atoms with E-state index in [9.17, 15) is 4.79 Å². The quantitative estimate of drug-likeness (QED) is 0.894. The molecule has 0 fully saturated rings. The highest BCUT2D eigenvalue weighted by Gasteiger charge is 2.12. The number of primary amides is 1. The van der Waals surface area contributed by atoms with Crippen molar-refractivity contribution in [1.29, 1.82) is 0 Å². The number of ether oxygens (including phenoxy) is 1. The first-order valence-corrected chi connectivity index (χ1v) is 5.64. The maximum atomic E-state index is 11.3. The van der Waals surface area contributed by atoms with Gasteiger partial charge in [0, 0.05) is 18.0 Å². The number of carbonyl (C=O) groups excluding carboxylic acids is 1. The molecule has 1 atom stereocenters. The summed E-state index contributed by atoms with van der Waals surface area (Å²) in [7, 11) is 0. The lowest BCUT2D eigenvalue weighted by Crippen LogP contribution is -2.14. The summed E-state index contributed by atoms with van der Waals surface area (Å²) in [5.41, 5.74) is 6.62. The number of para-hydroxylation sites is 1. The number of hydrogen-bond acceptors (Lipinski definition) is 3. The van der Waals surface area contributed by atoms with Gasteiger partial charge in [-0.25, -0.2) is 0 Å². The summed E-state index contributed by atoms with van der Waals surface area (Å²) in [6.07, 6.45) is 3.24. The van der Waals surface area contributed by atoms with E-state index in [1.54, 1.807) is 36.7 Å². The third kappa shape index (κ3) is 2.66. The Morgan fingerprint density at radius 3 is 2.72 bits per heavy atom. The van der Waals surface area contributed by atoms with Crippen LogP contribution in [0.4, 0.5) is 0 Å². The predicted octanol–water partition coefficient (Wildman–Crippen LogP) is 2.32. The van der Waals surface area contributed by atoms with E-state index in [0.29, 0.717) is 11.3 Å². The number of carbonyl (C=O) groups is 1. The molecule has 0 aliphatic rings. The zero-order valence-electron chi connectivity index (χ0n) is 10.0. The number of pyridine rings is 1. The molecule has 2 N–H and O–H groups in total. The van der Waals surface area contributed by atoms with Gasteiger partial charge < -0.3 is 10.5 Å². The normalized spacial score (nSPS) is 11.8. The highest BCUT2D eigenvalue weighted by molar-refractivity contribution is 5.95. The van der Waals surface area contributed by atoms with Gasteiger partial charge in [0.2, 0.25) is 0 Å². The fraction of sp³-hybridized carbons (Fsp3) is 0.143. The second-order valence-corrected chi connectivity index (χ2v) is 3.91. The number of aromatic nitrogens is 1. The standard InChI is InChI=1S/C14H14N2O2/c1-10(11-5-4-8-16-9-11)18-13-7-3-2-6-12(13)14(15)17/h2-10H,1H3,(H2,15,17). The van der Waals surface area contributed by atoms with Crippen LogP contribution in [0.3, 0.4) is 0 Å². The Morgan fingerprint density at radius 2 is 2.06 bits per heavy atom. The second-order valence-electron chi connectivity index (χ2n) is 3.91. The van der Waals surface area contributed by atoms with Crippen LogP contribution in [0.5, 0.6) is 5.75 Å². The Balaban J connectivity index is 2.22. The summed E-state index contributed by atoms with van der Waals surface area (Å²) in [6.45, 7) is 1.90. The van der Waals surface area contributed by atoms with Crippen LogP contribution in [0.2, 0.25) is 0 Å². The van der Waals surface area contributed by atoms with Crippen molar-refractivity contribution in [3.05, 3.63) is 59.9 Å². The summed E-state index contributed by atoms with van der Waals surface area (Å²) in [6, 6.07) is 10.7. The second kappa shape index (κ2) is 5.31. The molecule has 0 saturated heterocycles. The van der Waals surface area contributed by atoms with Crippen molar-refractivity contribution in [2.45, 2.75) is 13.0 Å². The molecule has 0 aliphatic heterocycles. The minimum absolute atomic E-state index is 0.195. The summed E-state index contributed by atoms with van der Waals surface area (Å²) in [5.74, 6) is -0.00894. The maximum absolute atomic E-state index is 11.3. The van der Waals surface area contributed by atoms with E-state index in [0.717, 1.165) is 5.56 Å². The molecular formula is C14H14N2O2. The van der Waals surface area contributed by atoms with Gasteiger partial charge in [0.25, 0.3) is 5.91 Å². The molecule has 1 amide bonds. The van der Waals surface area contributed by atoms with Crippen molar-refractivity contribution >= 4 is 5.91 Å². The minimum Gasteiger partial charge on any atom is -0.485 e. The van der Waals surface area contributed by atoms with E-state index in [1.807, 2.05) is 19.1 Å². The monoisotopic (exact) mass is 242 g/mol. The molecule has 2 rings (SSSR count). The first-order valence-electron chi connectivity index (χ1n) is 5.64. The van der Waals surface area contributed by atoms with Crippen LogP contribution in [0.25, 0.3) is 0 Å². The highest BCUT2D eigenvalue weighted by Crippen LogP contribution is 2.24. The van der Waals surface area contributed by atoms with Gasteiger partial charge in [-0.05, 0) is 25.1 Å². The number of rotatable bonds is 4. The van der Waals surface area contributed by atoms with Crippen LogP contribution in [-0.2, 0) is 0 Å². The number of nitrogens with two attached hydrogens (primary N) is 1. The third-order valence-corrected chi connectivity index (χ3v) is 2.61. The Labute approximate surface area is 105 Å². The van der Waals surface area contributed by atoms with Crippen molar-refractivity contribution in [3.8, 4) is 5.75 Å². The van der Waals surface area contributed by atoms with Gasteiger partial charge in [-0.1, -0.05) is 18.2 Å². The molecule has 1 aromatic carbocycles. The van der Waals surface area contributed by atoms with E-state index in [4.69, 9.17) is 10.5 Å². The fourth-order valence-corrected chi connectivity index (χ4v) is 1.65. The molecule has 2 aromatic rings. The molecule has 1 heterocycles. The van der Waals surface area contributed by atoms with Gasteiger partial charge in [-0.15, -0.1) is 0 Å². The Morgan fingerprint density at radius 1 is 1.28 bits per heavy atom. The van der Waals surface area contributed by atoms with Crippen LogP contribution in [0.15, 0.2) is 48.8 Å². The van der Waals surface area contributed by atoms with E-state index in [-0.39, 0.29) is 6.10 Å². The summed E-state index contributed by atoms with van der Waals surface area (Å²) in [4.78, 5) is 15.3. The largest absolute Gasteiger partial charge is 0.485 e. The molecule has 92 valence electrons. The lowest BCUT2D eigenvalue weighted by atomic mass is 10.1. The molecule has 1 unspecified atom stereocenters. The molecule has 0 bridgehead atoms. The van der Waals surface area contributed by atoms with Gasteiger partial charge in [0.1, 0.15) is 11.9 Å². The topological polar surface area (TPSA) is 65.2 Å². The Kier molecular flexibility index (Phi) is 3.57. The third-order valence-electron chi connectivity index (χ3n) is 2.61. The molecule has 1 aromatic heterocycles. The van der Waals surface area contributed by atoms with Crippen LogP contribution >= 0.6 is 0 Å². The molecule has 4 nitrogen and oxygen atoms in total. The first kappa shape index (κ1) is 12.1. The predicted molar refractivity (Wildman–Crippen MR) is 68.2 cm³/mol. The fourth-order valence-electron chi connectivity index (χ4n) is 1.65. The smallest absolute Gasteiger partial charge is 0.252 e. The number of benzene rings is 1. The van der Waals surface area contributed by atoms with Crippen LogP contribution in [0.1, 0.15) is 28.9 Å². The highest BCUT2D eigenvalue weighted by atomic mass is 16.5. The van der Waals surface area contributed by atoms with E-state index >= 15 is 0 Å². The molecule has 0 radical (unpaired) electrons. The van der Waals surface area contributed by atoms with Gasteiger partial charge >= 0.3 is 0 Å². The number of amides is 1. The number of hydrogen-bond donors (Lipinski definition) is 1. The Bertz CT molecular complexity index is 541. The van der Waals surface area contributed by atoms with E-state index < -0.39 is 5.91 Å². The van der Waals surface area contributed by atoms with Crippen LogP contribution in [0, 0.1) is 0 Å². The van der Waals surface area contributed by atoms with Crippen molar-refractivity contribution in [1.82, 2.24) is 4.98 Å². The molecule has 0 aliphatic carbocycles. The zero-order valence-corrected chi connectivity index (χ0v) is 10.0. The average Bonchev–Trinajstić information content (AvgIpc) is 2.40. The van der Waals surface area contributed by atoms with Crippen molar-refractivity contribution < 1.29 is 9.53 Å². The summed E-state index contributed by atoms with van der Waals surface area (Å²) < 4.78 is 5.75. The van der Waals surface area contributed by atoms with Crippen molar-refractivity contribution in [2.24, 2.45) is 5.73 Å². The lowest BCUT2D eigenvalue weighted by Gasteiger charge is -2.16. The molecule has 0 spiro atoms.